The normalized spacial score (nSPS) is 11.2. The standard InChI is InChI=1S/C9H18N6S2/c1-7(13-15(5)9(17)11-3)6-12-14(4)8(16)10-2/h6H,1-5H3,(H,10,16)(H,11,17). The SMILES string of the molecule is CNC(=S)N(C)N=CC(C)=NN(C)C(=S)NC. The van der Waals surface area contributed by atoms with Crippen molar-refractivity contribution in [3.05, 3.63) is 0 Å². The monoisotopic (exact) mass is 274 g/mol. The van der Waals surface area contributed by atoms with Gasteiger partial charge in [-0.05, 0) is 31.4 Å². The number of hydrogen-bond acceptors (Lipinski definition) is 4. The predicted octanol–water partition coefficient (Wildman–Crippen LogP) is 0.220. The van der Waals surface area contributed by atoms with Gasteiger partial charge in [-0.2, -0.15) is 10.2 Å². The summed E-state index contributed by atoms with van der Waals surface area (Å²) < 4.78 is 0. The van der Waals surface area contributed by atoms with Crippen LogP contribution in [0.25, 0.3) is 0 Å². The summed E-state index contributed by atoms with van der Waals surface area (Å²) in [6.45, 7) is 1.83. The van der Waals surface area contributed by atoms with E-state index in [4.69, 9.17) is 24.4 Å². The van der Waals surface area contributed by atoms with Gasteiger partial charge in [-0.3, -0.25) is 0 Å². The van der Waals surface area contributed by atoms with Gasteiger partial charge >= 0.3 is 0 Å². The van der Waals surface area contributed by atoms with Crippen LogP contribution in [0.2, 0.25) is 0 Å². The van der Waals surface area contributed by atoms with Gasteiger partial charge in [0.05, 0.1) is 11.9 Å². The second kappa shape index (κ2) is 7.91. The maximum atomic E-state index is 5.01. The van der Waals surface area contributed by atoms with Gasteiger partial charge in [-0.25, -0.2) is 10.0 Å². The van der Waals surface area contributed by atoms with E-state index in [9.17, 15) is 0 Å². The van der Waals surface area contributed by atoms with Gasteiger partial charge in [0.1, 0.15) is 0 Å². The lowest BCUT2D eigenvalue weighted by Gasteiger charge is -2.14. The molecule has 0 amide bonds. The lowest BCUT2D eigenvalue weighted by atomic mass is 10.5. The minimum Gasteiger partial charge on any atom is -0.364 e. The van der Waals surface area contributed by atoms with E-state index in [1.54, 1.807) is 44.4 Å². The Morgan fingerprint density at radius 2 is 1.53 bits per heavy atom. The van der Waals surface area contributed by atoms with Crippen molar-refractivity contribution >= 4 is 46.6 Å². The quantitative estimate of drug-likeness (QED) is 0.436. The fourth-order valence-corrected chi connectivity index (χ4v) is 0.942. The largest absolute Gasteiger partial charge is 0.364 e. The molecule has 0 bridgehead atoms. The molecule has 0 saturated heterocycles. The van der Waals surface area contributed by atoms with Crippen LogP contribution in [0.15, 0.2) is 10.2 Å². The number of hydrogen-bond donors (Lipinski definition) is 2. The zero-order chi connectivity index (χ0) is 13.4. The van der Waals surface area contributed by atoms with Crippen molar-refractivity contribution < 1.29 is 0 Å². The van der Waals surface area contributed by atoms with Crippen LogP contribution in [-0.2, 0) is 0 Å². The average Bonchev–Trinajstić information content (AvgIpc) is 2.33. The summed E-state index contributed by atoms with van der Waals surface area (Å²) in [6.07, 6.45) is 1.61. The van der Waals surface area contributed by atoms with Gasteiger partial charge in [0.15, 0.2) is 10.2 Å². The average molecular weight is 274 g/mol. The van der Waals surface area contributed by atoms with Crippen molar-refractivity contribution in [2.45, 2.75) is 6.92 Å². The van der Waals surface area contributed by atoms with Crippen LogP contribution in [0.4, 0.5) is 0 Å². The Balaban J connectivity index is 4.48. The van der Waals surface area contributed by atoms with Crippen molar-refractivity contribution in [1.82, 2.24) is 20.7 Å². The highest BCUT2D eigenvalue weighted by atomic mass is 32.1. The fourth-order valence-electron chi connectivity index (χ4n) is 0.854. The van der Waals surface area contributed by atoms with Crippen LogP contribution in [0.5, 0.6) is 0 Å². The summed E-state index contributed by atoms with van der Waals surface area (Å²) in [5.41, 5.74) is 0.718. The Morgan fingerprint density at radius 1 is 1.06 bits per heavy atom. The molecule has 0 aromatic carbocycles. The Labute approximate surface area is 113 Å². The smallest absolute Gasteiger partial charge is 0.189 e. The Morgan fingerprint density at radius 3 is 2.00 bits per heavy atom. The van der Waals surface area contributed by atoms with Crippen LogP contribution >= 0.6 is 24.4 Å². The first kappa shape index (κ1) is 15.7. The van der Waals surface area contributed by atoms with E-state index >= 15 is 0 Å². The molecule has 0 aliphatic rings. The molecule has 6 nitrogen and oxygen atoms in total. The van der Waals surface area contributed by atoms with Gasteiger partial charge in [0.25, 0.3) is 0 Å². The first-order valence-corrected chi connectivity index (χ1v) is 5.74. The predicted molar refractivity (Wildman–Crippen MR) is 80.4 cm³/mol. The summed E-state index contributed by atoms with van der Waals surface area (Å²) in [5, 5.41) is 18.2. The molecule has 8 heteroatoms. The molecule has 0 spiro atoms. The summed E-state index contributed by atoms with van der Waals surface area (Å²) >= 11 is 10.0. The van der Waals surface area contributed by atoms with E-state index in [1.807, 2.05) is 6.92 Å². The first-order chi connectivity index (χ1) is 7.92. The Hall–Kier alpha value is -1.28. The highest BCUT2D eigenvalue weighted by Crippen LogP contribution is 1.89. The molecule has 0 heterocycles. The number of nitrogens with zero attached hydrogens (tertiary/aromatic N) is 4. The van der Waals surface area contributed by atoms with Crippen LogP contribution in [-0.4, -0.2) is 60.4 Å². The molecule has 0 saturated carbocycles. The van der Waals surface area contributed by atoms with Crippen molar-refractivity contribution in [3.63, 3.8) is 0 Å². The van der Waals surface area contributed by atoms with Gasteiger partial charge in [-0.1, -0.05) is 0 Å². The molecule has 0 unspecified atom stereocenters. The molecule has 0 radical (unpaired) electrons. The van der Waals surface area contributed by atoms with Gasteiger partial charge in [-0.15, -0.1) is 0 Å². The van der Waals surface area contributed by atoms with Crippen molar-refractivity contribution in [2.75, 3.05) is 28.2 Å². The van der Waals surface area contributed by atoms with E-state index in [1.165, 1.54) is 0 Å². The maximum Gasteiger partial charge on any atom is 0.189 e. The third kappa shape index (κ3) is 6.12. The van der Waals surface area contributed by atoms with E-state index < -0.39 is 0 Å². The zero-order valence-corrected chi connectivity index (χ0v) is 12.3. The highest BCUT2D eigenvalue weighted by Gasteiger charge is 2.00. The van der Waals surface area contributed by atoms with Crippen LogP contribution < -0.4 is 10.6 Å². The maximum absolute atomic E-state index is 5.01. The molecule has 2 N–H and O–H groups in total. The topological polar surface area (TPSA) is 55.3 Å². The van der Waals surface area contributed by atoms with Crippen LogP contribution in [0.1, 0.15) is 6.92 Å². The summed E-state index contributed by atoms with van der Waals surface area (Å²) in [5.74, 6) is 0. The number of rotatable bonds is 3. The lowest BCUT2D eigenvalue weighted by Crippen LogP contribution is -2.32. The van der Waals surface area contributed by atoms with E-state index in [0.29, 0.717) is 10.2 Å². The third-order valence-electron chi connectivity index (χ3n) is 1.74. The van der Waals surface area contributed by atoms with E-state index in [0.717, 1.165) is 5.71 Å². The second-order valence-corrected chi connectivity index (χ2v) is 3.92. The van der Waals surface area contributed by atoms with Gasteiger partial charge in [0, 0.05) is 28.2 Å². The molecule has 96 valence electrons. The molecule has 0 rings (SSSR count). The number of nitrogens with one attached hydrogen (secondary N) is 2. The van der Waals surface area contributed by atoms with E-state index in [-0.39, 0.29) is 0 Å². The van der Waals surface area contributed by atoms with Crippen molar-refractivity contribution in [2.24, 2.45) is 10.2 Å². The number of thiocarbonyl (C=S) groups is 2. The van der Waals surface area contributed by atoms with Crippen molar-refractivity contribution in [1.29, 1.82) is 0 Å². The van der Waals surface area contributed by atoms with Gasteiger partial charge < -0.3 is 10.6 Å². The molecular formula is C9H18N6S2. The van der Waals surface area contributed by atoms with Crippen LogP contribution in [0, 0.1) is 0 Å². The Bertz CT molecular complexity index is 338. The molecular weight excluding hydrogens is 256 g/mol. The summed E-state index contributed by atoms with van der Waals surface area (Å²) in [4.78, 5) is 0. The minimum atomic E-state index is 0.535. The molecule has 0 aliphatic carbocycles. The zero-order valence-electron chi connectivity index (χ0n) is 10.7. The first-order valence-electron chi connectivity index (χ1n) is 4.92. The highest BCUT2D eigenvalue weighted by molar-refractivity contribution is 7.80. The minimum absolute atomic E-state index is 0.535. The van der Waals surface area contributed by atoms with Gasteiger partial charge in [0.2, 0.25) is 0 Å². The lowest BCUT2D eigenvalue weighted by molar-refractivity contribution is 0.533. The Kier molecular flexibility index (Phi) is 7.31. The molecule has 0 atom stereocenters. The molecule has 0 fully saturated rings. The molecule has 0 aliphatic heterocycles. The van der Waals surface area contributed by atoms with E-state index in [2.05, 4.69) is 20.8 Å². The fraction of sp³-hybridized carbons (Fsp3) is 0.556. The van der Waals surface area contributed by atoms with Crippen molar-refractivity contribution in [3.8, 4) is 0 Å². The molecule has 17 heavy (non-hydrogen) atoms. The summed E-state index contributed by atoms with van der Waals surface area (Å²) in [7, 11) is 7.01. The molecule has 0 aromatic heterocycles. The second-order valence-electron chi connectivity index (χ2n) is 3.14. The third-order valence-corrected chi connectivity index (χ3v) is 2.68. The summed E-state index contributed by atoms with van der Waals surface area (Å²) in [6, 6.07) is 0. The molecule has 0 aromatic rings. The number of hydrazone groups is 2. The van der Waals surface area contributed by atoms with Crippen LogP contribution in [0.3, 0.4) is 0 Å².